The minimum absolute atomic E-state index is 0.0297. The first-order valence-electron chi connectivity index (χ1n) is 8.36. The maximum Gasteiger partial charge on any atom is 0.408 e. The minimum Gasteiger partial charge on any atom is -0.298 e. The summed E-state index contributed by atoms with van der Waals surface area (Å²) >= 11 is 12.3. The average molecular weight is 461 g/mol. The van der Waals surface area contributed by atoms with Crippen molar-refractivity contribution in [3.05, 3.63) is 80.2 Å². The van der Waals surface area contributed by atoms with Crippen LogP contribution in [0.4, 0.5) is 13.2 Å². The molecule has 0 radical (unpaired) electrons. The number of halogens is 5. The van der Waals surface area contributed by atoms with Crippen molar-refractivity contribution in [3.63, 3.8) is 0 Å². The lowest BCUT2D eigenvalue weighted by molar-refractivity contribution is -0.161. The van der Waals surface area contributed by atoms with Crippen LogP contribution in [-0.2, 0) is 4.75 Å². The molecule has 8 heteroatoms. The van der Waals surface area contributed by atoms with Crippen LogP contribution >= 0.6 is 35.0 Å². The quantitative estimate of drug-likeness (QED) is 0.318. The second kappa shape index (κ2) is 8.94. The Labute approximate surface area is 181 Å². The molecular formula is C21H17Cl2F3O2S. The molecule has 29 heavy (non-hydrogen) atoms. The average Bonchev–Trinajstić information content (AvgIpc) is 2.58. The number of thioether (sulfide) groups is 1. The number of benzene rings is 2. The Hall–Kier alpha value is -1.76. The van der Waals surface area contributed by atoms with E-state index in [1.807, 2.05) is 0 Å². The number of Topliss-reactive ketones (excluding diaryl/α,β-unsaturated/α-hetero) is 1. The molecule has 0 amide bonds. The number of ketones is 1. The van der Waals surface area contributed by atoms with Crippen molar-refractivity contribution in [2.45, 2.75) is 31.2 Å². The number of allylic oxidation sites excluding steroid dienone is 1. The van der Waals surface area contributed by atoms with Crippen molar-refractivity contribution in [3.8, 4) is 0 Å². The van der Waals surface area contributed by atoms with E-state index < -0.39 is 23.1 Å². The smallest absolute Gasteiger partial charge is 0.298 e. The van der Waals surface area contributed by atoms with Crippen molar-refractivity contribution < 1.29 is 22.8 Å². The van der Waals surface area contributed by atoms with Gasteiger partial charge in [-0.05, 0) is 54.1 Å². The number of rotatable bonds is 7. The predicted molar refractivity (Wildman–Crippen MR) is 112 cm³/mol. The van der Waals surface area contributed by atoms with Gasteiger partial charge in [-0.15, -0.1) is 11.8 Å². The number of hydrogen-bond donors (Lipinski definition) is 0. The maximum atomic E-state index is 14.4. The molecule has 0 spiro atoms. The largest absolute Gasteiger partial charge is 0.408 e. The second-order valence-corrected chi connectivity index (χ2v) is 9.05. The molecule has 0 aliphatic heterocycles. The molecule has 1 unspecified atom stereocenters. The monoisotopic (exact) mass is 460 g/mol. The van der Waals surface area contributed by atoms with Crippen LogP contribution in [-0.4, -0.2) is 18.2 Å². The van der Waals surface area contributed by atoms with Gasteiger partial charge in [0.05, 0.1) is 0 Å². The number of carbonyl (C=O) groups excluding carboxylic acids is 2. The van der Waals surface area contributed by atoms with Gasteiger partial charge >= 0.3 is 6.18 Å². The number of alkyl halides is 3. The van der Waals surface area contributed by atoms with E-state index in [-0.39, 0.29) is 26.1 Å². The minimum atomic E-state index is -4.81. The normalized spacial score (nSPS) is 13.6. The summed E-state index contributed by atoms with van der Waals surface area (Å²) in [6.45, 7) is 6.63. The van der Waals surface area contributed by atoms with Gasteiger partial charge in [0.25, 0.3) is 0 Å². The van der Waals surface area contributed by atoms with Gasteiger partial charge in [0.1, 0.15) is 11.0 Å². The first-order valence-corrected chi connectivity index (χ1v) is 9.93. The first kappa shape index (κ1) is 23.5. The highest BCUT2D eigenvalue weighted by atomic mass is 35.5. The molecule has 0 heterocycles. The molecule has 154 valence electrons. The number of aldehydes is 1. The van der Waals surface area contributed by atoms with Gasteiger partial charge in [-0.2, -0.15) is 13.2 Å². The van der Waals surface area contributed by atoms with E-state index in [0.29, 0.717) is 29.2 Å². The van der Waals surface area contributed by atoms with Crippen molar-refractivity contribution in [2.24, 2.45) is 0 Å². The molecule has 0 aromatic heterocycles. The third-order valence-electron chi connectivity index (χ3n) is 4.26. The molecule has 0 saturated heterocycles. The van der Waals surface area contributed by atoms with E-state index in [2.05, 4.69) is 6.58 Å². The van der Waals surface area contributed by atoms with Gasteiger partial charge in [0, 0.05) is 27.6 Å². The summed E-state index contributed by atoms with van der Waals surface area (Å²) in [4.78, 5) is 24.0. The van der Waals surface area contributed by atoms with E-state index >= 15 is 0 Å². The molecule has 1 atom stereocenters. The van der Waals surface area contributed by atoms with E-state index in [0.717, 1.165) is 12.1 Å². The van der Waals surface area contributed by atoms with Crippen LogP contribution < -0.4 is 0 Å². The lowest BCUT2D eigenvalue weighted by Gasteiger charge is -2.35. The second-order valence-electron chi connectivity index (χ2n) is 6.58. The topological polar surface area (TPSA) is 34.1 Å². The zero-order chi connectivity index (χ0) is 22.0. The molecule has 2 nitrogen and oxygen atoms in total. The highest BCUT2D eigenvalue weighted by Crippen LogP contribution is 2.55. The Morgan fingerprint density at radius 1 is 1.14 bits per heavy atom. The first-order chi connectivity index (χ1) is 13.4. The fraction of sp³-hybridized carbons (Fsp3) is 0.238. The molecule has 2 rings (SSSR count). The fourth-order valence-electron chi connectivity index (χ4n) is 2.91. The third-order valence-corrected chi connectivity index (χ3v) is 6.01. The maximum absolute atomic E-state index is 14.4. The summed E-state index contributed by atoms with van der Waals surface area (Å²) < 4.78 is 40.6. The zero-order valence-corrected chi connectivity index (χ0v) is 17.9. The van der Waals surface area contributed by atoms with Gasteiger partial charge in [-0.3, -0.25) is 9.59 Å². The fourth-order valence-corrected chi connectivity index (χ4v) is 4.59. The molecular weight excluding hydrogens is 444 g/mol. The Balaban J connectivity index is 2.63. The van der Waals surface area contributed by atoms with Crippen LogP contribution in [0.15, 0.2) is 47.9 Å². The number of aryl methyl sites for hydroxylation is 1. The van der Waals surface area contributed by atoms with Crippen LogP contribution in [0.1, 0.15) is 45.2 Å². The van der Waals surface area contributed by atoms with E-state index in [1.165, 1.54) is 31.2 Å². The Morgan fingerprint density at radius 2 is 1.72 bits per heavy atom. The van der Waals surface area contributed by atoms with Gasteiger partial charge < -0.3 is 0 Å². The van der Waals surface area contributed by atoms with Gasteiger partial charge in [0.2, 0.25) is 0 Å². The lowest BCUT2D eigenvalue weighted by Crippen LogP contribution is -2.41. The molecule has 0 saturated carbocycles. The molecule has 0 aliphatic rings. The summed E-state index contributed by atoms with van der Waals surface area (Å²) in [7, 11) is 0. The summed E-state index contributed by atoms with van der Waals surface area (Å²) in [5.74, 6) is -0.729. The number of hydrogen-bond acceptors (Lipinski definition) is 3. The predicted octanol–water partition coefficient (Wildman–Crippen LogP) is 7.41. The van der Waals surface area contributed by atoms with Crippen LogP contribution in [0.2, 0.25) is 10.0 Å². The van der Waals surface area contributed by atoms with Crippen LogP contribution in [0.5, 0.6) is 0 Å². The van der Waals surface area contributed by atoms with Crippen molar-refractivity contribution in [2.75, 3.05) is 0 Å². The summed E-state index contributed by atoms with van der Waals surface area (Å²) in [5, 5.41) is 0.0594. The zero-order valence-electron chi connectivity index (χ0n) is 15.6. The summed E-state index contributed by atoms with van der Waals surface area (Å²) in [5.41, 5.74) is 0.714. The molecule has 2 aromatic carbocycles. The molecule has 2 aromatic rings. The van der Waals surface area contributed by atoms with Gasteiger partial charge in [-0.1, -0.05) is 41.9 Å². The van der Waals surface area contributed by atoms with E-state index in [1.54, 1.807) is 6.92 Å². The Bertz CT molecular complexity index is 953. The van der Waals surface area contributed by atoms with Crippen LogP contribution in [0.25, 0.3) is 0 Å². The Morgan fingerprint density at radius 3 is 2.17 bits per heavy atom. The van der Waals surface area contributed by atoms with Crippen LogP contribution in [0, 0.1) is 6.92 Å². The van der Waals surface area contributed by atoms with E-state index in [9.17, 15) is 22.8 Å². The number of carbonyl (C=O) groups is 2. The molecule has 0 bridgehead atoms. The van der Waals surface area contributed by atoms with Gasteiger partial charge in [-0.25, -0.2) is 0 Å². The highest BCUT2D eigenvalue weighted by Gasteiger charge is 2.58. The Kier molecular flexibility index (Phi) is 7.25. The highest BCUT2D eigenvalue weighted by molar-refractivity contribution is 8.04. The van der Waals surface area contributed by atoms with E-state index in [4.69, 9.17) is 23.2 Å². The summed E-state index contributed by atoms with van der Waals surface area (Å²) in [6.07, 6.45) is -5.07. The summed E-state index contributed by atoms with van der Waals surface area (Å²) in [6, 6.07) is 7.80. The SMILES string of the molecule is C=C(C)SC(CC(=O)c1ccc(C=O)c(C)c1)(c1cc(Cl)cc(Cl)c1)C(F)(F)F. The van der Waals surface area contributed by atoms with Gasteiger partial charge in [0.15, 0.2) is 5.78 Å². The molecule has 0 fully saturated rings. The van der Waals surface area contributed by atoms with Crippen molar-refractivity contribution in [1.29, 1.82) is 0 Å². The third kappa shape index (κ3) is 5.24. The lowest BCUT2D eigenvalue weighted by atomic mass is 9.89. The molecule has 0 N–H and O–H groups in total. The van der Waals surface area contributed by atoms with Crippen molar-refractivity contribution >= 4 is 47.0 Å². The molecule has 0 aliphatic carbocycles. The van der Waals surface area contributed by atoms with Crippen molar-refractivity contribution in [1.82, 2.24) is 0 Å². The van der Waals surface area contributed by atoms with Crippen LogP contribution in [0.3, 0.4) is 0 Å². The standard InChI is InChI=1S/C21H17Cl2F3O2S/c1-12(2)29-20(21(24,25)26,16-7-17(22)9-18(23)8-16)10-19(28)14-4-5-15(11-27)13(3)6-14/h4-9,11H,1,10H2,2-3H3.